The average molecular weight is 347 g/mol. The molecule has 1 N–H and O–H groups in total. The van der Waals surface area contributed by atoms with Crippen molar-refractivity contribution in [3.8, 4) is 0 Å². The van der Waals surface area contributed by atoms with E-state index in [2.05, 4.69) is 10.4 Å². The molecule has 0 bridgehead atoms. The van der Waals surface area contributed by atoms with Crippen molar-refractivity contribution in [2.45, 2.75) is 13.5 Å². The van der Waals surface area contributed by atoms with E-state index in [0.717, 1.165) is 5.39 Å². The number of anilines is 1. The fraction of sp³-hybridized carbons (Fsp3) is 0.250. The van der Waals surface area contributed by atoms with Crippen molar-refractivity contribution in [1.29, 1.82) is 0 Å². The predicted molar refractivity (Wildman–Crippen MR) is 90.7 cm³/mol. The van der Waals surface area contributed by atoms with E-state index in [4.69, 9.17) is 4.42 Å². The van der Waals surface area contributed by atoms with Gasteiger partial charge in [0.1, 0.15) is 5.58 Å². The van der Waals surface area contributed by atoms with Gasteiger partial charge >= 0.3 is 0 Å². The zero-order chi connectivity index (χ0) is 17.2. The van der Waals surface area contributed by atoms with E-state index < -0.39 is 9.84 Å². The van der Waals surface area contributed by atoms with Gasteiger partial charge in [-0.1, -0.05) is 25.1 Å². The second-order valence-electron chi connectivity index (χ2n) is 5.33. The molecule has 0 aliphatic carbocycles. The Morgan fingerprint density at radius 3 is 2.88 bits per heavy atom. The molecule has 126 valence electrons. The van der Waals surface area contributed by atoms with Crippen LogP contribution in [0.3, 0.4) is 0 Å². The van der Waals surface area contributed by atoms with E-state index in [1.807, 2.05) is 18.2 Å². The monoisotopic (exact) mass is 347 g/mol. The molecule has 3 rings (SSSR count). The summed E-state index contributed by atoms with van der Waals surface area (Å²) in [6.07, 6.45) is 3.06. The second-order valence-corrected chi connectivity index (χ2v) is 7.80. The summed E-state index contributed by atoms with van der Waals surface area (Å²) in [7, 11) is -3.05. The Hall–Kier alpha value is -2.61. The summed E-state index contributed by atoms with van der Waals surface area (Å²) in [5.41, 5.74) is 1.12. The number of amides is 1. The quantitative estimate of drug-likeness (QED) is 0.738. The third-order valence-corrected chi connectivity index (χ3v) is 5.30. The lowest BCUT2D eigenvalue weighted by Crippen LogP contribution is -2.15. The van der Waals surface area contributed by atoms with Crippen LogP contribution in [0.15, 0.2) is 47.1 Å². The largest absolute Gasteiger partial charge is 0.451 e. The van der Waals surface area contributed by atoms with Crippen LogP contribution < -0.4 is 5.32 Å². The molecule has 7 nitrogen and oxygen atoms in total. The molecule has 0 aliphatic rings. The smallest absolute Gasteiger partial charge is 0.291 e. The Labute approximate surface area is 139 Å². The molecule has 1 aromatic carbocycles. The van der Waals surface area contributed by atoms with Crippen LogP contribution in [0.5, 0.6) is 0 Å². The summed E-state index contributed by atoms with van der Waals surface area (Å²) in [6, 6.07) is 9.03. The first-order valence-corrected chi connectivity index (χ1v) is 9.32. The molecule has 0 radical (unpaired) electrons. The van der Waals surface area contributed by atoms with E-state index in [1.54, 1.807) is 25.3 Å². The normalized spacial score (nSPS) is 11.7. The summed E-state index contributed by atoms with van der Waals surface area (Å²) >= 11 is 0. The molecule has 2 aromatic heterocycles. The third kappa shape index (κ3) is 3.65. The molecule has 0 spiro atoms. The van der Waals surface area contributed by atoms with Gasteiger partial charge in [-0.3, -0.25) is 9.48 Å². The highest BCUT2D eigenvalue weighted by Gasteiger charge is 2.14. The number of carbonyl (C=O) groups excluding carboxylic acids is 1. The minimum absolute atomic E-state index is 0.0160. The summed E-state index contributed by atoms with van der Waals surface area (Å²) in [5, 5.41) is 7.59. The predicted octanol–water partition coefficient (Wildman–Crippen LogP) is 2.32. The van der Waals surface area contributed by atoms with Crippen LogP contribution in [0.2, 0.25) is 0 Å². The molecule has 3 aromatic rings. The first-order chi connectivity index (χ1) is 11.5. The number of aryl methyl sites for hydroxylation is 1. The number of fused-ring (bicyclic) bond motifs is 1. The van der Waals surface area contributed by atoms with Gasteiger partial charge in [0.2, 0.25) is 0 Å². The number of rotatable bonds is 6. The lowest BCUT2D eigenvalue weighted by atomic mass is 10.2. The molecule has 0 aliphatic heterocycles. The maximum Gasteiger partial charge on any atom is 0.291 e. The van der Waals surface area contributed by atoms with Gasteiger partial charge < -0.3 is 9.73 Å². The van der Waals surface area contributed by atoms with Crippen molar-refractivity contribution in [3.05, 3.63) is 48.5 Å². The van der Waals surface area contributed by atoms with E-state index in [-0.39, 0.29) is 29.7 Å². The van der Waals surface area contributed by atoms with E-state index in [9.17, 15) is 13.2 Å². The average Bonchev–Trinajstić information content (AvgIpc) is 3.19. The van der Waals surface area contributed by atoms with Crippen molar-refractivity contribution in [2.24, 2.45) is 0 Å². The van der Waals surface area contributed by atoms with Gasteiger partial charge in [-0.25, -0.2) is 8.42 Å². The molecule has 2 heterocycles. The summed E-state index contributed by atoms with van der Waals surface area (Å²) < 4.78 is 30.0. The van der Waals surface area contributed by atoms with E-state index >= 15 is 0 Å². The topological polar surface area (TPSA) is 94.2 Å². The highest BCUT2D eigenvalue weighted by atomic mass is 32.2. The third-order valence-electron chi connectivity index (χ3n) is 3.61. The summed E-state index contributed by atoms with van der Waals surface area (Å²) in [5.74, 6) is -0.0593. The first kappa shape index (κ1) is 16.3. The molecule has 1 amide bonds. The molecule has 24 heavy (non-hydrogen) atoms. The van der Waals surface area contributed by atoms with Crippen LogP contribution in [0, 0.1) is 0 Å². The van der Waals surface area contributed by atoms with Gasteiger partial charge in [0, 0.05) is 17.3 Å². The van der Waals surface area contributed by atoms with Crippen molar-refractivity contribution in [1.82, 2.24) is 9.78 Å². The second kappa shape index (κ2) is 6.48. The zero-order valence-electron chi connectivity index (χ0n) is 13.1. The maximum atomic E-state index is 12.2. The molecule has 0 unspecified atom stereocenters. The molecule has 0 saturated carbocycles. The molecule has 0 fully saturated rings. The SMILES string of the molecule is CCS(=O)(=O)CCn1cc(NC(=O)c2cc3ccccc3o2)cn1. The zero-order valence-corrected chi connectivity index (χ0v) is 13.9. The van der Waals surface area contributed by atoms with Gasteiger partial charge in [0.25, 0.3) is 5.91 Å². The van der Waals surface area contributed by atoms with Crippen molar-refractivity contribution >= 4 is 32.4 Å². The Balaban J connectivity index is 1.66. The van der Waals surface area contributed by atoms with Crippen molar-refractivity contribution < 1.29 is 17.6 Å². The van der Waals surface area contributed by atoms with Crippen LogP contribution >= 0.6 is 0 Å². The number of carbonyl (C=O) groups is 1. The maximum absolute atomic E-state index is 12.2. The minimum atomic E-state index is -3.05. The Bertz CT molecular complexity index is 939. The Morgan fingerprint density at radius 2 is 2.12 bits per heavy atom. The number of aromatic nitrogens is 2. The number of hydrogen-bond donors (Lipinski definition) is 1. The van der Waals surface area contributed by atoms with Gasteiger partial charge in [-0.05, 0) is 12.1 Å². The van der Waals surface area contributed by atoms with Crippen LogP contribution in [-0.4, -0.2) is 35.6 Å². The Kier molecular flexibility index (Phi) is 4.39. The lowest BCUT2D eigenvalue weighted by molar-refractivity contribution is 0.0998. The number of nitrogens with zero attached hydrogens (tertiary/aromatic N) is 2. The number of furan rings is 1. The highest BCUT2D eigenvalue weighted by Crippen LogP contribution is 2.19. The molecular weight excluding hydrogens is 330 g/mol. The Morgan fingerprint density at radius 1 is 1.33 bits per heavy atom. The number of para-hydroxylation sites is 1. The summed E-state index contributed by atoms with van der Waals surface area (Å²) in [4.78, 5) is 12.2. The van der Waals surface area contributed by atoms with Gasteiger partial charge in [-0.15, -0.1) is 0 Å². The van der Waals surface area contributed by atoms with Crippen molar-refractivity contribution in [2.75, 3.05) is 16.8 Å². The number of hydrogen-bond acceptors (Lipinski definition) is 5. The molecule has 8 heteroatoms. The standard InChI is InChI=1S/C16H17N3O4S/c1-2-24(21,22)8-7-19-11-13(10-17-19)18-16(20)15-9-12-5-3-4-6-14(12)23-15/h3-6,9-11H,2,7-8H2,1H3,(H,18,20). The van der Waals surface area contributed by atoms with E-state index in [1.165, 1.54) is 10.9 Å². The molecule has 0 saturated heterocycles. The molecule has 0 atom stereocenters. The van der Waals surface area contributed by atoms with Crippen molar-refractivity contribution in [3.63, 3.8) is 0 Å². The number of sulfone groups is 1. The number of nitrogens with one attached hydrogen (secondary N) is 1. The lowest BCUT2D eigenvalue weighted by Gasteiger charge is -2.01. The van der Waals surface area contributed by atoms with Gasteiger partial charge in [-0.2, -0.15) is 5.10 Å². The van der Waals surface area contributed by atoms with Crippen LogP contribution in [0.1, 0.15) is 17.5 Å². The van der Waals surface area contributed by atoms with E-state index in [0.29, 0.717) is 11.3 Å². The van der Waals surface area contributed by atoms with Gasteiger partial charge in [0.05, 0.1) is 24.2 Å². The summed E-state index contributed by atoms with van der Waals surface area (Å²) in [6.45, 7) is 1.86. The highest BCUT2D eigenvalue weighted by molar-refractivity contribution is 7.91. The van der Waals surface area contributed by atoms with Crippen LogP contribution in [0.4, 0.5) is 5.69 Å². The molecular formula is C16H17N3O4S. The fourth-order valence-electron chi connectivity index (χ4n) is 2.21. The minimum Gasteiger partial charge on any atom is -0.451 e. The number of benzene rings is 1. The van der Waals surface area contributed by atoms with Crippen LogP contribution in [0.25, 0.3) is 11.0 Å². The first-order valence-electron chi connectivity index (χ1n) is 7.49. The van der Waals surface area contributed by atoms with Crippen LogP contribution in [-0.2, 0) is 16.4 Å². The van der Waals surface area contributed by atoms with Gasteiger partial charge in [0.15, 0.2) is 15.6 Å². The fourth-order valence-corrected chi connectivity index (χ4v) is 2.97.